The highest BCUT2D eigenvalue weighted by molar-refractivity contribution is 7.87. The number of hydrogen-bond acceptors (Lipinski definition) is 6. The second kappa shape index (κ2) is 14.1. The summed E-state index contributed by atoms with van der Waals surface area (Å²) in [5.41, 5.74) is -4.82. The number of alkyl halides is 3. The monoisotopic (exact) mass is 540 g/mol. The molecule has 2 rings (SSSR count). The maximum absolute atomic E-state index is 12.9. The van der Waals surface area contributed by atoms with Gasteiger partial charge in [-0.05, 0) is 18.1 Å². The van der Waals surface area contributed by atoms with E-state index >= 15 is 0 Å². The average Bonchev–Trinajstić information content (AvgIpc) is 2.84. The van der Waals surface area contributed by atoms with E-state index in [0.717, 1.165) is 56.7 Å². The van der Waals surface area contributed by atoms with Crippen LogP contribution in [0.2, 0.25) is 18.1 Å². The summed E-state index contributed by atoms with van der Waals surface area (Å²) >= 11 is 0. The molecule has 1 aliphatic heterocycles. The minimum absolute atomic E-state index is 0.0821. The zero-order valence-corrected chi connectivity index (χ0v) is 22.7. The first-order valence-corrected chi connectivity index (χ1v) is 16.5. The van der Waals surface area contributed by atoms with Gasteiger partial charge in [-0.3, -0.25) is 4.18 Å². The summed E-state index contributed by atoms with van der Waals surface area (Å²) in [6.07, 6.45) is 3.47. The Hall–Kier alpha value is -0.983. The van der Waals surface area contributed by atoms with Gasteiger partial charge in [0.25, 0.3) is 0 Å². The van der Waals surface area contributed by atoms with Crippen molar-refractivity contribution >= 4 is 18.4 Å². The predicted molar refractivity (Wildman–Crippen MR) is 131 cm³/mol. The van der Waals surface area contributed by atoms with Crippen molar-refractivity contribution in [3.05, 3.63) is 35.9 Å². The first-order valence-electron chi connectivity index (χ1n) is 12.5. The molecule has 0 saturated carbocycles. The molecule has 0 aromatic heterocycles. The average molecular weight is 541 g/mol. The molecule has 1 aromatic carbocycles. The van der Waals surface area contributed by atoms with E-state index in [1.807, 2.05) is 6.07 Å². The van der Waals surface area contributed by atoms with Crippen LogP contribution in [0.25, 0.3) is 0 Å². The van der Waals surface area contributed by atoms with Gasteiger partial charge in [-0.25, -0.2) is 0 Å². The molecule has 0 amide bonds. The van der Waals surface area contributed by atoms with Crippen LogP contribution in [-0.2, 0) is 28.2 Å². The van der Waals surface area contributed by atoms with Gasteiger partial charge in [0, 0.05) is 5.56 Å². The maximum atomic E-state index is 12.9. The van der Waals surface area contributed by atoms with Crippen LogP contribution < -0.4 is 0 Å². The third-order valence-electron chi connectivity index (χ3n) is 6.23. The molecule has 35 heavy (non-hydrogen) atoms. The lowest BCUT2D eigenvalue weighted by molar-refractivity contribution is -0.258. The van der Waals surface area contributed by atoms with Crippen molar-refractivity contribution in [1.82, 2.24) is 0 Å². The molecule has 0 radical (unpaired) electrons. The van der Waals surface area contributed by atoms with Crippen LogP contribution in [0, 0.1) is 0 Å². The molecule has 0 spiro atoms. The van der Waals surface area contributed by atoms with Crippen molar-refractivity contribution in [2.75, 3.05) is 13.2 Å². The highest BCUT2D eigenvalue weighted by Crippen LogP contribution is 2.36. The van der Waals surface area contributed by atoms with Gasteiger partial charge >= 0.3 is 15.6 Å². The quantitative estimate of drug-likeness (QED) is 0.140. The van der Waals surface area contributed by atoms with Gasteiger partial charge < -0.3 is 13.9 Å². The van der Waals surface area contributed by atoms with E-state index in [2.05, 4.69) is 25.0 Å². The van der Waals surface area contributed by atoms with Gasteiger partial charge in [-0.15, -0.1) is 0 Å². The molecule has 0 unspecified atom stereocenters. The molecule has 0 N–H and O–H groups in total. The third kappa shape index (κ3) is 9.12. The maximum Gasteiger partial charge on any atom is 0.523 e. The van der Waals surface area contributed by atoms with E-state index in [9.17, 15) is 21.6 Å². The Bertz CT molecular complexity index is 816. The van der Waals surface area contributed by atoms with Crippen LogP contribution >= 0.6 is 0 Å². The van der Waals surface area contributed by atoms with E-state index in [1.54, 1.807) is 24.3 Å². The van der Waals surface area contributed by atoms with E-state index in [-0.39, 0.29) is 6.61 Å². The fourth-order valence-electron chi connectivity index (χ4n) is 4.21. The van der Waals surface area contributed by atoms with Gasteiger partial charge in [0.15, 0.2) is 14.6 Å². The topological polar surface area (TPSA) is 71.1 Å². The highest BCUT2D eigenvalue weighted by Gasteiger charge is 2.49. The molecule has 3 atom stereocenters. The standard InChI is InChI=1S/C24H39F3O6SSi/c1-4-7-15-35(16-8-5-2,17-9-6-3)33-22-18-30-23(20-13-11-10-12-14-20)32-21(22)19-31-34(28,29)24(25,26)27/h10-14,21-23H,4-9,15-19H2,1-3H3/t21-,22-,23+/m0/s1. The molecule has 6 nitrogen and oxygen atoms in total. The molecule has 1 fully saturated rings. The van der Waals surface area contributed by atoms with Crippen molar-refractivity contribution in [3.63, 3.8) is 0 Å². The second-order valence-corrected chi connectivity index (χ2v) is 14.8. The summed E-state index contributed by atoms with van der Waals surface area (Å²) in [5, 5.41) is 0. The van der Waals surface area contributed by atoms with E-state index in [1.165, 1.54) is 0 Å². The number of benzene rings is 1. The minimum atomic E-state index is -5.75. The van der Waals surface area contributed by atoms with Crippen LogP contribution in [0.3, 0.4) is 0 Å². The molecular weight excluding hydrogens is 501 g/mol. The molecule has 1 aromatic rings. The molecule has 11 heteroatoms. The minimum Gasteiger partial charge on any atom is -0.409 e. The van der Waals surface area contributed by atoms with Crippen LogP contribution in [0.1, 0.15) is 71.1 Å². The lowest BCUT2D eigenvalue weighted by Gasteiger charge is -2.42. The van der Waals surface area contributed by atoms with Gasteiger partial charge in [-0.2, -0.15) is 21.6 Å². The summed E-state index contributed by atoms with van der Waals surface area (Å²) < 4.78 is 85.0. The smallest absolute Gasteiger partial charge is 0.409 e. The molecule has 1 aliphatic rings. The number of ether oxygens (including phenoxy) is 2. The molecule has 1 heterocycles. The normalized spacial score (nSPS) is 21.8. The van der Waals surface area contributed by atoms with Crippen LogP contribution in [-0.4, -0.2) is 47.7 Å². The number of unbranched alkanes of at least 4 members (excludes halogenated alkanes) is 3. The summed E-state index contributed by atoms with van der Waals surface area (Å²) in [4.78, 5) is 0. The summed E-state index contributed by atoms with van der Waals surface area (Å²) in [6, 6.07) is 11.8. The highest BCUT2D eigenvalue weighted by atomic mass is 32.2. The van der Waals surface area contributed by atoms with Crippen LogP contribution in [0.15, 0.2) is 30.3 Å². The summed E-state index contributed by atoms with van der Waals surface area (Å²) in [5.74, 6) is 0. The van der Waals surface area contributed by atoms with Crippen molar-refractivity contribution in [3.8, 4) is 0 Å². The van der Waals surface area contributed by atoms with E-state index in [4.69, 9.17) is 13.9 Å². The Labute approximate surface area is 208 Å². The first kappa shape index (κ1) is 30.2. The molecule has 1 saturated heterocycles. The Balaban J connectivity index is 2.29. The number of halogens is 3. The molecular formula is C24H39F3O6SSi. The zero-order valence-electron chi connectivity index (χ0n) is 20.9. The largest absolute Gasteiger partial charge is 0.523 e. The SMILES string of the molecule is CCCC[Si](CCCC)(CCCC)O[C@H]1CO[C@@H](c2ccccc2)O[C@H]1COS(=O)(=O)C(F)(F)F. The van der Waals surface area contributed by atoms with Gasteiger partial charge in [-0.1, -0.05) is 89.6 Å². The zero-order chi connectivity index (χ0) is 26.0. The van der Waals surface area contributed by atoms with E-state index < -0.39 is 49.0 Å². The van der Waals surface area contributed by atoms with Crippen molar-refractivity contribution < 1.29 is 39.7 Å². The van der Waals surface area contributed by atoms with Crippen molar-refractivity contribution in [1.29, 1.82) is 0 Å². The first-order chi connectivity index (χ1) is 16.6. The fraction of sp³-hybridized carbons (Fsp3) is 0.750. The third-order valence-corrected chi connectivity index (χ3v) is 11.8. The predicted octanol–water partition coefficient (Wildman–Crippen LogP) is 6.70. The molecule has 0 aliphatic carbocycles. The fourth-order valence-corrected chi connectivity index (χ4v) is 9.62. The summed E-state index contributed by atoms with van der Waals surface area (Å²) in [6.45, 7) is 5.65. The second-order valence-electron chi connectivity index (χ2n) is 9.08. The Morgan fingerprint density at radius 1 is 0.971 bits per heavy atom. The number of rotatable bonds is 15. The van der Waals surface area contributed by atoms with Gasteiger partial charge in [0.1, 0.15) is 6.10 Å². The lowest BCUT2D eigenvalue weighted by Crippen LogP contribution is -2.52. The lowest BCUT2D eigenvalue weighted by atomic mass is 10.1. The Kier molecular flexibility index (Phi) is 12.2. The number of hydrogen-bond donors (Lipinski definition) is 0. The Morgan fingerprint density at radius 2 is 1.51 bits per heavy atom. The molecule has 0 bridgehead atoms. The van der Waals surface area contributed by atoms with Crippen LogP contribution in [0.4, 0.5) is 13.2 Å². The van der Waals surface area contributed by atoms with Crippen molar-refractivity contribution in [2.24, 2.45) is 0 Å². The Morgan fingerprint density at radius 3 is 2.00 bits per heavy atom. The summed E-state index contributed by atoms with van der Waals surface area (Å²) in [7, 11) is -8.04. The van der Waals surface area contributed by atoms with Gasteiger partial charge in [0.2, 0.25) is 0 Å². The van der Waals surface area contributed by atoms with Gasteiger partial charge in [0.05, 0.1) is 19.3 Å². The molecule has 202 valence electrons. The van der Waals surface area contributed by atoms with Crippen molar-refractivity contribution in [2.45, 2.75) is 101 Å². The van der Waals surface area contributed by atoms with E-state index in [0.29, 0.717) is 5.56 Å². The van der Waals surface area contributed by atoms with Crippen LogP contribution in [0.5, 0.6) is 0 Å².